The molecule has 0 aliphatic carbocycles. The van der Waals surface area contributed by atoms with Crippen molar-refractivity contribution >= 4 is 29.1 Å². The van der Waals surface area contributed by atoms with Crippen LogP contribution in [0.25, 0.3) is 10.7 Å². The molecule has 7 heteroatoms. The molecule has 2 aromatic rings. The van der Waals surface area contributed by atoms with E-state index in [1.54, 1.807) is 11.3 Å². The Morgan fingerprint density at radius 1 is 1.62 bits per heavy atom. The number of aliphatic carboxylic acids is 1. The molecule has 2 N–H and O–H groups in total. The minimum Gasteiger partial charge on any atom is -0.481 e. The van der Waals surface area contributed by atoms with Crippen LogP contribution in [0.5, 0.6) is 0 Å². The number of aromatic amines is 1. The number of carbonyl (C=O) groups is 1. The van der Waals surface area contributed by atoms with Crippen molar-refractivity contribution in [2.45, 2.75) is 5.75 Å². The average Bonchev–Trinajstić information content (AvgIpc) is 2.85. The molecule has 2 heterocycles. The highest BCUT2D eigenvalue weighted by atomic mass is 32.2. The molecular formula is C9H9N3O2S2. The van der Waals surface area contributed by atoms with Crippen molar-refractivity contribution in [1.82, 2.24) is 15.2 Å². The van der Waals surface area contributed by atoms with E-state index in [-0.39, 0.29) is 5.75 Å². The lowest BCUT2D eigenvalue weighted by Gasteiger charge is -1.92. The SMILES string of the molecule is O=C(O)CSCc1nc(-c2cccs2)n[nH]1. The number of carboxylic acid groups (broad SMARTS) is 1. The Balaban J connectivity index is 1.95. The van der Waals surface area contributed by atoms with Crippen LogP contribution in [0.3, 0.4) is 0 Å². The van der Waals surface area contributed by atoms with E-state index in [9.17, 15) is 4.79 Å². The number of hydrogen-bond donors (Lipinski definition) is 2. The summed E-state index contributed by atoms with van der Waals surface area (Å²) in [5.41, 5.74) is 0. The highest BCUT2D eigenvalue weighted by Crippen LogP contribution is 2.21. The Labute approximate surface area is 99.9 Å². The van der Waals surface area contributed by atoms with Gasteiger partial charge in [0.05, 0.1) is 16.4 Å². The van der Waals surface area contributed by atoms with E-state index >= 15 is 0 Å². The minimum atomic E-state index is -0.817. The number of nitrogens with one attached hydrogen (secondary N) is 1. The molecule has 0 saturated carbocycles. The van der Waals surface area contributed by atoms with E-state index in [4.69, 9.17) is 5.11 Å². The van der Waals surface area contributed by atoms with Crippen LogP contribution in [0, 0.1) is 0 Å². The Hall–Kier alpha value is -1.34. The molecule has 0 fully saturated rings. The average molecular weight is 255 g/mol. The third kappa shape index (κ3) is 2.83. The van der Waals surface area contributed by atoms with Gasteiger partial charge in [0, 0.05) is 0 Å². The van der Waals surface area contributed by atoms with Crippen LogP contribution in [0.1, 0.15) is 5.82 Å². The fourth-order valence-corrected chi connectivity index (χ4v) is 2.37. The zero-order valence-corrected chi connectivity index (χ0v) is 9.85. The van der Waals surface area contributed by atoms with Gasteiger partial charge in [-0.25, -0.2) is 4.98 Å². The minimum absolute atomic E-state index is 0.0784. The van der Waals surface area contributed by atoms with Crippen molar-refractivity contribution in [3.8, 4) is 10.7 Å². The topological polar surface area (TPSA) is 78.9 Å². The molecule has 0 bridgehead atoms. The molecule has 0 radical (unpaired) electrons. The maximum atomic E-state index is 10.3. The molecule has 0 unspecified atom stereocenters. The van der Waals surface area contributed by atoms with Gasteiger partial charge >= 0.3 is 5.97 Å². The zero-order valence-electron chi connectivity index (χ0n) is 8.21. The van der Waals surface area contributed by atoms with Crippen LogP contribution in [0.4, 0.5) is 0 Å². The smallest absolute Gasteiger partial charge is 0.313 e. The zero-order chi connectivity index (χ0) is 11.4. The van der Waals surface area contributed by atoms with Gasteiger partial charge in [0.1, 0.15) is 5.82 Å². The summed E-state index contributed by atoms with van der Waals surface area (Å²) in [5.74, 6) is 1.17. The lowest BCUT2D eigenvalue weighted by atomic mass is 10.4. The summed E-state index contributed by atoms with van der Waals surface area (Å²) >= 11 is 2.87. The van der Waals surface area contributed by atoms with Crippen molar-refractivity contribution in [1.29, 1.82) is 0 Å². The highest BCUT2D eigenvalue weighted by molar-refractivity contribution is 7.99. The number of aromatic nitrogens is 3. The molecule has 0 aliphatic rings. The second-order valence-corrected chi connectivity index (χ2v) is 4.90. The molecule has 2 rings (SSSR count). The Morgan fingerprint density at radius 2 is 2.50 bits per heavy atom. The molecule has 0 aliphatic heterocycles. The Bertz CT molecular complexity index is 467. The summed E-state index contributed by atoms with van der Waals surface area (Å²) < 4.78 is 0. The predicted octanol–water partition coefficient (Wildman–Crippen LogP) is 1.85. The third-order valence-corrected chi connectivity index (χ3v) is 3.53. The van der Waals surface area contributed by atoms with Gasteiger partial charge in [-0.3, -0.25) is 9.89 Å². The van der Waals surface area contributed by atoms with Crippen LogP contribution in [-0.2, 0) is 10.5 Å². The van der Waals surface area contributed by atoms with Gasteiger partial charge in [-0.15, -0.1) is 23.1 Å². The highest BCUT2D eigenvalue weighted by Gasteiger charge is 2.07. The summed E-state index contributed by atoms with van der Waals surface area (Å²) in [6, 6.07) is 3.89. The first-order chi connectivity index (χ1) is 7.75. The number of rotatable bonds is 5. The van der Waals surface area contributed by atoms with E-state index in [0.717, 1.165) is 4.88 Å². The van der Waals surface area contributed by atoms with Crippen LogP contribution in [0.15, 0.2) is 17.5 Å². The molecule has 0 amide bonds. The summed E-state index contributed by atoms with van der Waals surface area (Å²) in [5, 5.41) is 17.3. The van der Waals surface area contributed by atoms with Crippen LogP contribution < -0.4 is 0 Å². The van der Waals surface area contributed by atoms with Crippen molar-refractivity contribution < 1.29 is 9.90 Å². The first-order valence-corrected chi connectivity index (χ1v) is 6.54. The third-order valence-electron chi connectivity index (χ3n) is 1.74. The van der Waals surface area contributed by atoms with Crippen molar-refractivity contribution in [3.05, 3.63) is 23.3 Å². The van der Waals surface area contributed by atoms with Gasteiger partial charge in [-0.2, -0.15) is 5.10 Å². The molecule has 0 spiro atoms. The van der Waals surface area contributed by atoms with Gasteiger partial charge < -0.3 is 5.11 Å². The first-order valence-electron chi connectivity index (χ1n) is 4.50. The van der Waals surface area contributed by atoms with Crippen molar-refractivity contribution in [2.75, 3.05) is 5.75 Å². The standard InChI is InChI=1S/C9H9N3O2S2/c13-8(14)5-15-4-7-10-9(12-11-7)6-2-1-3-16-6/h1-3H,4-5H2,(H,13,14)(H,10,11,12). The van der Waals surface area contributed by atoms with Gasteiger partial charge in [-0.05, 0) is 11.4 Å². The molecule has 0 aromatic carbocycles. The second-order valence-electron chi connectivity index (χ2n) is 2.97. The molecule has 84 valence electrons. The normalized spacial score (nSPS) is 10.5. The number of hydrogen-bond acceptors (Lipinski definition) is 5. The lowest BCUT2D eigenvalue weighted by Crippen LogP contribution is -1.98. The maximum Gasteiger partial charge on any atom is 0.313 e. The van der Waals surface area contributed by atoms with Crippen molar-refractivity contribution in [3.63, 3.8) is 0 Å². The number of H-pyrrole nitrogens is 1. The van der Waals surface area contributed by atoms with Crippen LogP contribution >= 0.6 is 23.1 Å². The number of thioether (sulfide) groups is 1. The predicted molar refractivity (Wildman–Crippen MR) is 63.5 cm³/mol. The van der Waals surface area contributed by atoms with E-state index in [1.165, 1.54) is 11.8 Å². The van der Waals surface area contributed by atoms with E-state index in [2.05, 4.69) is 15.2 Å². The van der Waals surface area contributed by atoms with E-state index < -0.39 is 5.97 Å². The van der Waals surface area contributed by atoms with E-state index in [0.29, 0.717) is 17.4 Å². The quantitative estimate of drug-likeness (QED) is 0.852. The van der Waals surface area contributed by atoms with Gasteiger partial charge in [0.15, 0.2) is 5.82 Å². The number of nitrogens with zero attached hydrogens (tertiary/aromatic N) is 2. The van der Waals surface area contributed by atoms with Crippen LogP contribution in [0.2, 0.25) is 0 Å². The summed E-state index contributed by atoms with van der Waals surface area (Å²) in [4.78, 5) is 15.6. The molecule has 0 saturated heterocycles. The lowest BCUT2D eigenvalue weighted by molar-refractivity contribution is -0.133. The fraction of sp³-hybridized carbons (Fsp3) is 0.222. The summed E-state index contributed by atoms with van der Waals surface area (Å²) in [7, 11) is 0. The molecule has 5 nitrogen and oxygen atoms in total. The number of thiophene rings is 1. The van der Waals surface area contributed by atoms with Crippen LogP contribution in [-0.4, -0.2) is 32.0 Å². The number of carboxylic acids is 1. The second kappa shape index (κ2) is 5.13. The first kappa shape index (κ1) is 11.2. The van der Waals surface area contributed by atoms with E-state index in [1.807, 2.05) is 17.5 Å². The summed E-state index contributed by atoms with van der Waals surface area (Å²) in [6.07, 6.45) is 0. The Morgan fingerprint density at radius 3 is 3.19 bits per heavy atom. The largest absolute Gasteiger partial charge is 0.481 e. The fourth-order valence-electron chi connectivity index (χ4n) is 1.11. The van der Waals surface area contributed by atoms with Gasteiger partial charge in [0.2, 0.25) is 0 Å². The summed E-state index contributed by atoms with van der Waals surface area (Å²) in [6.45, 7) is 0. The van der Waals surface area contributed by atoms with Gasteiger partial charge in [0.25, 0.3) is 0 Å². The monoisotopic (exact) mass is 255 g/mol. The molecule has 0 atom stereocenters. The Kier molecular flexibility index (Phi) is 3.58. The maximum absolute atomic E-state index is 10.3. The molecule has 16 heavy (non-hydrogen) atoms. The van der Waals surface area contributed by atoms with Crippen molar-refractivity contribution in [2.24, 2.45) is 0 Å². The molecular weight excluding hydrogens is 246 g/mol. The van der Waals surface area contributed by atoms with Gasteiger partial charge in [-0.1, -0.05) is 6.07 Å². The molecule has 2 aromatic heterocycles.